The molecule has 0 atom stereocenters. The van der Waals surface area contributed by atoms with Crippen LogP contribution in [0.1, 0.15) is 0 Å². The van der Waals surface area contributed by atoms with Gasteiger partial charge in [-0.15, -0.1) is 0 Å². The van der Waals surface area contributed by atoms with Crippen LogP contribution in [0.15, 0.2) is 42.9 Å². The minimum absolute atomic E-state index is 0.420. The molecule has 0 saturated heterocycles. The Morgan fingerprint density at radius 2 is 2.21 bits per heavy atom. The van der Waals surface area contributed by atoms with E-state index < -0.39 is 6.09 Å². The lowest BCUT2D eigenvalue weighted by atomic mass is 10.2. The first-order valence-electron chi connectivity index (χ1n) is 5.71. The molecule has 0 aliphatic carbocycles. The number of aryl methyl sites for hydroxylation is 1. The summed E-state index contributed by atoms with van der Waals surface area (Å²) in [6, 6.07) is 7.34. The third-order valence-corrected chi connectivity index (χ3v) is 2.85. The van der Waals surface area contributed by atoms with Gasteiger partial charge in [-0.05, 0) is 18.2 Å². The number of carbonyl (C=O) groups is 1. The Hall–Kier alpha value is -2.76. The maximum Gasteiger partial charge on any atom is 0.409 e. The molecular weight excluding hydrogens is 244 g/mol. The summed E-state index contributed by atoms with van der Waals surface area (Å²) in [7, 11) is 1.86. The zero-order valence-electron chi connectivity index (χ0n) is 10.3. The average Bonchev–Trinajstić information content (AvgIpc) is 2.94. The Balaban J connectivity index is 2.12. The quantitative estimate of drug-likeness (QED) is 0.760. The summed E-state index contributed by atoms with van der Waals surface area (Å²) >= 11 is 0. The van der Waals surface area contributed by atoms with Gasteiger partial charge in [0.2, 0.25) is 0 Å². The molecule has 1 amide bonds. The normalized spacial score (nSPS) is 10.8. The van der Waals surface area contributed by atoms with Crippen LogP contribution in [0.5, 0.6) is 5.75 Å². The van der Waals surface area contributed by atoms with Gasteiger partial charge >= 0.3 is 6.09 Å². The predicted molar refractivity (Wildman–Crippen MR) is 70.3 cm³/mol. The molecule has 19 heavy (non-hydrogen) atoms. The van der Waals surface area contributed by atoms with Gasteiger partial charge in [0, 0.05) is 30.9 Å². The Kier molecular flexibility index (Phi) is 2.49. The highest BCUT2D eigenvalue weighted by Gasteiger charge is 2.07. The van der Waals surface area contributed by atoms with Crippen molar-refractivity contribution in [3.05, 3.63) is 42.9 Å². The smallest absolute Gasteiger partial charge is 0.409 e. The van der Waals surface area contributed by atoms with Crippen molar-refractivity contribution in [3.8, 4) is 11.4 Å². The van der Waals surface area contributed by atoms with E-state index in [0.717, 1.165) is 16.6 Å². The lowest BCUT2D eigenvalue weighted by molar-refractivity contribution is 0.211. The molecule has 0 fully saturated rings. The second-order valence-electron chi connectivity index (χ2n) is 4.20. The SMILES string of the molecule is Cn1cc(-n2ccc3ccc(OC(N)=O)cc32)cn1. The van der Waals surface area contributed by atoms with Crippen molar-refractivity contribution in [2.24, 2.45) is 12.8 Å². The molecule has 6 heteroatoms. The van der Waals surface area contributed by atoms with E-state index in [2.05, 4.69) is 5.10 Å². The molecule has 96 valence electrons. The molecular formula is C13H12N4O2. The number of fused-ring (bicyclic) bond motifs is 1. The Bertz CT molecular complexity index is 757. The van der Waals surface area contributed by atoms with Crippen LogP contribution in [-0.4, -0.2) is 20.4 Å². The van der Waals surface area contributed by atoms with E-state index in [1.54, 1.807) is 23.0 Å². The van der Waals surface area contributed by atoms with E-state index in [1.807, 2.05) is 36.1 Å². The number of primary amides is 1. The molecule has 1 aromatic carbocycles. The number of aromatic nitrogens is 3. The lowest BCUT2D eigenvalue weighted by Gasteiger charge is -2.04. The first kappa shape index (κ1) is 11.3. The standard InChI is InChI=1S/C13H12N4O2/c1-16-8-10(7-15-16)17-5-4-9-2-3-11(6-12(9)17)19-13(14)18/h2-8H,1H3,(H2,14,18). The highest BCUT2D eigenvalue weighted by atomic mass is 16.5. The number of carbonyl (C=O) groups excluding carboxylic acids is 1. The zero-order valence-corrected chi connectivity index (χ0v) is 10.3. The van der Waals surface area contributed by atoms with E-state index in [1.165, 1.54) is 0 Å². The Morgan fingerprint density at radius 1 is 1.37 bits per heavy atom. The van der Waals surface area contributed by atoms with E-state index in [-0.39, 0.29) is 0 Å². The summed E-state index contributed by atoms with van der Waals surface area (Å²) in [5.74, 6) is 0.420. The average molecular weight is 256 g/mol. The number of rotatable bonds is 2. The molecule has 2 heterocycles. The van der Waals surface area contributed by atoms with Gasteiger partial charge in [0.1, 0.15) is 5.75 Å². The van der Waals surface area contributed by atoms with Crippen molar-refractivity contribution >= 4 is 17.0 Å². The van der Waals surface area contributed by atoms with Crippen molar-refractivity contribution in [2.45, 2.75) is 0 Å². The third-order valence-electron chi connectivity index (χ3n) is 2.85. The molecule has 2 N–H and O–H groups in total. The van der Waals surface area contributed by atoms with Crippen LogP contribution in [0.3, 0.4) is 0 Å². The summed E-state index contributed by atoms with van der Waals surface area (Å²) < 4.78 is 8.59. The second-order valence-corrected chi connectivity index (χ2v) is 4.20. The summed E-state index contributed by atoms with van der Waals surface area (Å²) in [6.07, 6.45) is 4.79. The van der Waals surface area contributed by atoms with E-state index in [4.69, 9.17) is 10.5 Å². The number of benzene rings is 1. The largest absolute Gasteiger partial charge is 0.410 e. The monoisotopic (exact) mass is 256 g/mol. The van der Waals surface area contributed by atoms with Gasteiger partial charge in [0.05, 0.1) is 17.4 Å². The van der Waals surface area contributed by atoms with Gasteiger partial charge in [-0.1, -0.05) is 0 Å². The molecule has 0 spiro atoms. The summed E-state index contributed by atoms with van der Waals surface area (Å²) in [5.41, 5.74) is 6.88. The number of ether oxygens (including phenoxy) is 1. The Labute approximate surface area is 109 Å². The number of nitrogens with zero attached hydrogens (tertiary/aromatic N) is 3. The molecule has 2 aromatic heterocycles. The molecule has 3 aromatic rings. The topological polar surface area (TPSA) is 75.1 Å². The van der Waals surface area contributed by atoms with Crippen molar-refractivity contribution in [1.82, 2.24) is 14.3 Å². The molecule has 6 nitrogen and oxygen atoms in total. The molecule has 0 aliphatic heterocycles. The minimum Gasteiger partial charge on any atom is -0.410 e. The van der Waals surface area contributed by atoms with Gasteiger partial charge in [-0.3, -0.25) is 4.68 Å². The highest BCUT2D eigenvalue weighted by Crippen LogP contribution is 2.24. The van der Waals surface area contributed by atoms with Gasteiger partial charge in [-0.2, -0.15) is 5.10 Å². The molecule has 0 saturated carbocycles. The second kappa shape index (κ2) is 4.16. The summed E-state index contributed by atoms with van der Waals surface area (Å²) in [5, 5.41) is 5.18. The number of amides is 1. The first-order valence-corrected chi connectivity index (χ1v) is 5.71. The molecule has 0 bridgehead atoms. The van der Waals surface area contributed by atoms with Gasteiger partial charge in [-0.25, -0.2) is 4.79 Å². The minimum atomic E-state index is -0.821. The van der Waals surface area contributed by atoms with Crippen LogP contribution >= 0.6 is 0 Å². The van der Waals surface area contributed by atoms with Gasteiger partial charge in [0.25, 0.3) is 0 Å². The zero-order chi connectivity index (χ0) is 13.4. The van der Waals surface area contributed by atoms with Crippen LogP contribution in [-0.2, 0) is 7.05 Å². The summed E-state index contributed by atoms with van der Waals surface area (Å²) in [4.78, 5) is 10.8. The van der Waals surface area contributed by atoms with Gasteiger partial charge < -0.3 is 15.0 Å². The van der Waals surface area contributed by atoms with Crippen LogP contribution in [0.2, 0.25) is 0 Å². The fourth-order valence-electron chi connectivity index (χ4n) is 2.05. The highest BCUT2D eigenvalue weighted by molar-refractivity contribution is 5.84. The van der Waals surface area contributed by atoms with Crippen LogP contribution in [0.25, 0.3) is 16.6 Å². The maximum atomic E-state index is 10.8. The van der Waals surface area contributed by atoms with Crippen molar-refractivity contribution in [2.75, 3.05) is 0 Å². The summed E-state index contributed by atoms with van der Waals surface area (Å²) in [6.45, 7) is 0. The van der Waals surface area contributed by atoms with Crippen LogP contribution < -0.4 is 10.5 Å². The third kappa shape index (κ3) is 2.03. The van der Waals surface area contributed by atoms with E-state index >= 15 is 0 Å². The van der Waals surface area contributed by atoms with E-state index in [0.29, 0.717) is 5.75 Å². The number of nitrogens with two attached hydrogens (primary N) is 1. The fourth-order valence-corrected chi connectivity index (χ4v) is 2.05. The molecule has 0 aliphatic rings. The first-order chi connectivity index (χ1) is 9.13. The molecule has 0 radical (unpaired) electrons. The Morgan fingerprint density at radius 3 is 2.89 bits per heavy atom. The molecule has 3 rings (SSSR count). The van der Waals surface area contributed by atoms with E-state index in [9.17, 15) is 4.79 Å². The number of hydrogen-bond acceptors (Lipinski definition) is 3. The lowest BCUT2D eigenvalue weighted by Crippen LogP contribution is -2.16. The maximum absolute atomic E-state index is 10.8. The van der Waals surface area contributed by atoms with Crippen molar-refractivity contribution < 1.29 is 9.53 Å². The fraction of sp³-hybridized carbons (Fsp3) is 0.0769. The van der Waals surface area contributed by atoms with Crippen molar-refractivity contribution in [3.63, 3.8) is 0 Å². The van der Waals surface area contributed by atoms with Crippen LogP contribution in [0.4, 0.5) is 4.79 Å². The number of hydrogen-bond donors (Lipinski definition) is 1. The predicted octanol–water partition coefficient (Wildman–Crippen LogP) is 1.82. The molecule has 0 unspecified atom stereocenters. The van der Waals surface area contributed by atoms with Gasteiger partial charge in [0.15, 0.2) is 0 Å². The van der Waals surface area contributed by atoms with Crippen molar-refractivity contribution in [1.29, 1.82) is 0 Å². The van der Waals surface area contributed by atoms with Crippen LogP contribution in [0, 0.1) is 0 Å².